The molecule has 1 aliphatic rings. The molecule has 0 unspecified atom stereocenters. The number of para-hydroxylation sites is 1. The molecule has 1 aliphatic heterocycles. The zero-order chi connectivity index (χ0) is 17.1. The number of carbonyl (C=O) groups is 1. The van der Waals surface area contributed by atoms with Crippen molar-refractivity contribution in [3.63, 3.8) is 0 Å². The van der Waals surface area contributed by atoms with E-state index >= 15 is 0 Å². The SMILES string of the molecule is CCOc1cc(C)c(C(=O)CN2CCCc3ccccc32)cc1C. The summed E-state index contributed by atoms with van der Waals surface area (Å²) in [5.41, 5.74) is 5.36. The summed E-state index contributed by atoms with van der Waals surface area (Å²) in [4.78, 5) is 15.1. The van der Waals surface area contributed by atoms with Crippen molar-refractivity contribution >= 4 is 11.5 Å². The van der Waals surface area contributed by atoms with Gasteiger partial charge in [0.25, 0.3) is 0 Å². The molecule has 0 aliphatic carbocycles. The summed E-state index contributed by atoms with van der Waals surface area (Å²) in [6, 6.07) is 12.4. The molecule has 0 N–H and O–H groups in total. The first-order valence-electron chi connectivity index (χ1n) is 8.70. The van der Waals surface area contributed by atoms with Gasteiger partial charge in [-0.25, -0.2) is 0 Å². The van der Waals surface area contributed by atoms with Gasteiger partial charge in [-0.15, -0.1) is 0 Å². The zero-order valence-corrected chi connectivity index (χ0v) is 14.8. The number of hydrogen-bond donors (Lipinski definition) is 0. The van der Waals surface area contributed by atoms with Crippen LogP contribution in [0.2, 0.25) is 0 Å². The molecule has 0 saturated heterocycles. The first kappa shape index (κ1) is 16.6. The predicted molar refractivity (Wildman–Crippen MR) is 98.4 cm³/mol. The Morgan fingerprint density at radius 2 is 1.96 bits per heavy atom. The maximum atomic E-state index is 12.9. The molecule has 24 heavy (non-hydrogen) atoms. The molecule has 1 heterocycles. The standard InChI is InChI=1S/C21H25NO2/c1-4-24-21-13-15(2)18(12-16(21)3)20(23)14-22-11-7-9-17-8-5-6-10-19(17)22/h5-6,8,10,12-13H,4,7,9,11,14H2,1-3H3. The van der Waals surface area contributed by atoms with E-state index in [1.807, 2.05) is 39.0 Å². The van der Waals surface area contributed by atoms with Crippen molar-refractivity contribution in [1.29, 1.82) is 0 Å². The molecule has 0 saturated carbocycles. The molecule has 3 rings (SSSR count). The molecule has 0 amide bonds. The number of ketones is 1. The second-order valence-corrected chi connectivity index (χ2v) is 6.44. The van der Waals surface area contributed by atoms with Crippen LogP contribution in [0.3, 0.4) is 0 Å². The number of hydrogen-bond acceptors (Lipinski definition) is 3. The van der Waals surface area contributed by atoms with Crippen LogP contribution in [-0.4, -0.2) is 25.5 Å². The summed E-state index contributed by atoms with van der Waals surface area (Å²) in [6.45, 7) is 7.97. The smallest absolute Gasteiger partial charge is 0.182 e. The van der Waals surface area contributed by atoms with Gasteiger partial charge in [-0.05, 0) is 68.5 Å². The van der Waals surface area contributed by atoms with E-state index in [1.54, 1.807) is 0 Å². The van der Waals surface area contributed by atoms with Gasteiger partial charge in [0, 0.05) is 17.8 Å². The fourth-order valence-corrected chi connectivity index (χ4v) is 3.44. The number of nitrogens with zero attached hydrogens (tertiary/aromatic N) is 1. The van der Waals surface area contributed by atoms with Crippen molar-refractivity contribution in [1.82, 2.24) is 0 Å². The maximum Gasteiger partial charge on any atom is 0.182 e. The normalized spacial score (nSPS) is 13.5. The average molecular weight is 323 g/mol. The minimum atomic E-state index is 0.176. The van der Waals surface area contributed by atoms with Crippen molar-refractivity contribution in [3.8, 4) is 5.75 Å². The summed E-state index contributed by atoms with van der Waals surface area (Å²) in [5.74, 6) is 1.05. The van der Waals surface area contributed by atoms with E-state index in [4.69, 9.17) is 4.74 Å². The largest absolute Gasteiger partial charge is 0.494 e. The Bertz CT molecular complexity index is 751. The molecule has 2 aromatic carbocycles. The summed E-state index contributed by atoms with van der Waals surface area (Å²) in [6.07, 6.45) is 2.20. The van der Waals surface area contributed by atoms with Crippen LogP contribution in [0.25, 0.3) is 0 Å². The monoisotopic (exact) mass is 323 g/mol. The summed E-state index contributed by atoms with van der Waals surface area (Å²) < 4.78 is 5.63. The van der Waals surface area contributed by atoms with Crippen molar-refractivity contribution in [3.05, 3.63) is 58.7 Å². The Morgan fingerprint density at radius 3 is 2.75 bits per heavy atom. The number of benzene rings is 2. The van der Waals surface area contributed by atoms with Crippen LogP contribution in [0.1, 0.15) is 40.4 Å². The lowest BCUT2D eigenvalue weighted by Gasteiger charge is -2.30. The number of carbonyl (C=O) groups excluding carboxylic acids is 1. The van der Waals surface area contributed by atoms with Gasteiger partial charge in [0.05, 0.1) is 13.2 Å². The van der Waals surface area contributed by atoms with Crippen LogP contribution in [0.4, 0.5) is 5.69 Å². The highest BCUT2D eigenvalue weighted by atomic mass is 16.5. The lowest BCUT2D eigenvalue weighted by atomic mass is 9.98. The Morgan fingerprint density at radius 1 is 1.17 bits per heavy atom. The van der Waals surface area contributed by atoms with Gasteiger partial charge >= 0.3 is 0 Å². The fourth-order valence-electron chi connectivity index (χ4n) is 3.44. The average Bonchev–Trinajstić information content (AvgIpc) is 2.58. The van der Waals surface area contributed by atoms with Crippen molar-refractivity contribution in [2.24, 2.45) is 0 Å². The predicted octanol–water partition coefficient (Wildman–Crippen LogP) is 4.34. The lowest BCUT2D eigenvalue weighted by molar-refractivity contribution is 0.0998. The number of ether oxygens (including phenoxy) is 1. The van der Waals surface area contributed by atoms with E-state index in [0.717, 1.165) is 41.8 Å². The van der Waals surface area contributed by atoms with Crippen molar-refractivity contribution < 1.29 is 9.53 Å². The van der Waals surface area contributed by atoms with E-state index in [0.29, 0.717) is 13.2 Å². The molecule has 0 bridgehead atoms. The second-order valence-electron chi connectivity index (χ2n) is 6.44. The molecule has 0 fully saturated rings. The molecule has 3 heteroatoms. The van der Waals surface area contributed by atoms with Gasteiger partial charge in [0.1, 0.15) is 5.75 Å². The van der Waals surface area contributed by atoms with Crippen LogP contribution >= 0.6 is 0 Å². The Kier molecular flexibility index (Phi) is 4.89. The van der Waals surface area contributed by atoms with Crippen LogP contribution in [0.15, 0.2) is 36.4 Å². The number of rotatable bonds is 5. The summed E-state index contributed by atoms with van der Waals surface area (Å²) in [5, 5.41) is 0. The van der Waals surface area contributed by atoms with Crippen LogP contribution in [-0.2, 0) is 6.42 Å². The minimum absolute atomic E-state index is 0.176. The van der Waals surface area contributed by atoms with Crippen LogP contribution < -0.4 is 9.64 Å². The third-order valence-corrected chi connectivity index (χ3v) is 4.66. The topological polar surface area (TPSA) is 29.5 Å². The number of aryl methyl sites for hydroxylation is 3. The van der Waals surface area contributed by atoms with E-state index in [1.165, 1.54) is 11.3 Å². The van der Waals surface area contributed by atoms with Crippen molar-refractivity contribution in [2.75, 3.05) is 24.6 Å². The molecule has 0 aromatic heterocycles. The lowest BCUT2D eigenvalue weighted by Crippen LogP contribution is -2.34. The highest BCUT2D eigenvalue weighted by Crippen LogP contribution is 2.28. The Hall–Kier alpha value is -2.29. The van der Waals surface area contributed by atoms with Crippen LogP contribution in [0.5, 0.6) is 5.75 Å². The Balaban J connectivity index is 1.82. The fraction of sp³-hybridized carbons (Fsp3) is 0.381. The number of fused-ring (bicyclic) bond motifs is 1. The molecule has 0 spiro atoms. The summed E-state index contributed by atoms with van der Waals surface area (Å²) >= 11 is 0. The molecular weight excluding hydrogens is 298 g/mol. The van der Waals surface area contributed by atoms with Crippen molar-refractivity contribution in [2.45, 2.75) is 33.6 Å². The van der Waals surface area contributed by atoms with Crippen LogP contribution in [0, 0.1) is 13.8 Å². The van der Waals surface area contributed by atoms with Gasteiger partial charge in [-0.1, -0.05) is 18.2 Å². The van der Waals surface area contributed by atoms with Gasteiger partial charge in [-0.2, -0.15) is 0 Å². The van der Waals surface area contributed by atoms with E-state index in [2.05, 4.69) is 23.1 Å². The molecule has 3 nitrogen and oxygen atoms in total. The quantitative estimate of drug-likeness (QED) is 0.767. The molecule has 126 valence electrons. The first-order chi connectivity index (χ1) is 11.6. The van der Waals surface area contributed by atoms with Gasteiger partial charge in [0.2, 0.25) is 0 Å². The zero-order valence-electron chi connectivity index (χ0n) is 14.8. The highest BCUT2D eigenvalue weighted by molar-refractivity contribution is 6.01. The molecule has 2 aromatic rings. The second kappa shape index (κ2) is 7.08. The summed E-state index contributed by atoms with van der Waals surface area (Å²) in [7, 11) is 0. The molecule has 0 atom stereocenters. The van der Waals surface area contributed by atoms with Gasteiger partial charge in [-0.3, -0.25) is 4.79 Å². The number of anilines is 1. The van der Waals surface area contributed by atoms with E-state index in [-0.39, 0.29) is 5.78 Å². The maximum absolute atomic E-state index is 12.9. The molecule has 0 radical (unpaired) electrons. The highest BCUT2D eigenvalue weighted by Gasteiger charge is 2.20. The molecular formula is C21H25NO2. The van der Waals surface area contributed by atoms with E-state index < -0.39 is 0 Å². The third-order valence-electron chi connectivity index (χ3n) is 4.66. The van der Waals surface area contributed by atoms with Gasteiger partial charge < -0.3 is 9.64 Å². The minimum Gasteiger partial charge on any atom is -0.494 e. The first-order valence-corrected chi connectivity index (χ1v) is 8.70. The Labute approximate surface area is 144 Å². The van der Waals surface area contributed by atoms with E-state index in [9.17, 15) is 4.79 Å². The van der Waals surface area contributed by atoms with Gasteiger partial charge in [0.15, 0.2) is 5.78 Å². The third kappa shape index (κ3) is 3.30. The number of Topliss-reactive ketones (excluding diaryl/α,β-unsaturated/α-hetero) is 1.